The van der Waals surface area contributed by atoms with Crippen LogP contribution >= 0.6 is 0 Å². The van der Waals surface area contributed by atoms with E-state index in [1.807, 2.05) is 26.1 Å². The van der Waals surface area contributed by atoms with Crippen molar-refractivity contribution in [2.45, 2.75) is 52.4 Å². The molecule has 0 aliphatic carbocycles. The van der Waals surface area contributed by atoms with Gasteiger partial charge in [-0.1, -0.05) is 20.8 Å². The van der Waals surface area contributed by atoms with Crippen molar-refractivity contribution in [3.63, 3.8) is 0 Å². The number of fused-ring (bicyclic) bond motifs is 1. The van der Waals surface area contributed by atoms with Gasteiger partial charge in [-0.25, -0.2) is 14.4 Å². The molecule has 6 heterocycles. The predicted molar refractivity (Wildman–Crippen MR) is 140 cm³/mol. The van der Waals surface area contributed by atoms with Crippen LogP contribution in [0.5, 0.6) is 0 Å². The first-order chi connectivity index (χ1) is 17.7. The van der Waals surface area contributed by atoms with E-state index in [1.54, 1.807) is 17.2 Å². The van der Waals surface area contributed by atoms with E-state index >= 15 is 0 Å². The summed E-state index contributed by atoms with van der Waals surface area (Å²) in [6.07, 6.45) is 2.13. The zero-order chi connectivity index (χ0) is 25.9. The molecule has 1 spiro atoms. The highest BCUT2D eigenvalue weighted by molar-refractivity contribution is 5.92. The molecule has 3 aliphatic heterocycles. The SMILES string of the molecule is CCC(C)n1nc(N2CC3(COC3)C2)c2cnc(Nc3ccnc(N4C[C@@H](F)[C@@H](O)C(C)(C)C4)n3)cc21. The van der Waals surface area contributed by atoms with Crippen LogP contribution in [0.25, 0.3) is 10.9 Å². The summed E-state index contributed by atoms with van der Waals surface area (Å²) in [7, 11) is 0. The normalized spacial score (nSPS) is 25.1. The van der Waals surface area contributed by atoms with Crippen LogP contribution in [-0.2, 0) is 4.74 Å². The monoisotopic (exact) mass is 510 g/mol. The van der Waals surface area contributed by atoms with E-state index in [0.29, 0.717) is 29.5 Å². The van der Waals surface area contributed by atoms with Gasteiger partial charge >= 0.3 is 0 Å². The summed E-state index contributed by atoms with van der Waals surface area (Å²) in [5.41, 5.74) is 0.717. The minimum Gasteiger partial charge on any atom is -0.389 e. The lowest BCUT2D eigenvalue weighted by Crippen LogP contribution is -2.66. The van der Waals surface area contributed by atoms with Gasteiger partial charge < -0.3 is 25.0 Å². The summed E-state index contributed by atoms with van der Waals surface area (Å²) in [5, 5.41) is 19.5. The van der Waals surface area contributed by atoms with E-state index in [-0.39, 0.29) is 12.6 Å². The van der Waals surface area contributed by atoms with Crippen molar-refractivity contribution in [3.05, 3.63) is 24.5 Å². The molecule has 2 N–H and O–H groups in total. The molecular weight excluding hydrogens is 475 g/mol. The molecule has 0 radical (unpaired) electrons. The summed E-state index contributed by atoms with van der Waals surface area (Å²) in [6, 6.07) is 4.02. The average molecular weight is 511 g/mol. The number of hydrogen-bond donors (Lipinski definition) is 2. The zero-order valence-electron chi connectivity index (χ0n) is 21.9. The number of nitrogens with one attached hydrogen (secondary N) is 1. The van der Waals surface area contributed by atoms with E-state index in [9.17, 15) is 9.50 Å². The van der Waals surface area contributed by atoms with Gasteiger partial charge in [0.15, 0.2) is 5.82 Å². The van der Waals surface area contributed by atoms with Crippen molar-refractivity contribution in [2.75, 3.05) is 54.5 Å². The third kappa shape index (κ3) is 4.17. The lowest BCUT2D eigenvalue weighted by molar-refractivity contribution is -0.127. The summed E-state index contributed by atoms with van der Waals surface area (Å²) in [6.45, 7) is 12.2. The van der Waals surface area contributed by atoms with E-state index in [2.05, 4.69) is 43.7 Å². The number of aliphatic hydroxyl groups excluding tert-OH is 1. The number of aromatic nitrogens is 5. The largest absolute Gasteiger partial charge is 0.389 e. The summed E-state index contributed by atoms with van der Waals surface area (Å²) in [4.78, 5) is 17.8. The predicted octanol–water partition coefficient (Wildman–Crippen LogP) is 3.32. The Morgan fingerprint density at radius 1 is 1.19 bits per heavy atom. The molecule has 11 heteroatoms. The van der Waals surface area contributed by atoms with E-state index < -0.39 is 17.7 Å². The minimum atomic E-state index is -1.36. The lowest BCUT2D eigenvalue weighted by Gasteiger charge is -2.55. The molecule has 37 heavy (non-hydrogen) atoms. The Kier molecular flexibility index (Phi) is 5.76. The highest BCUT2D eigenvalue weighted by Gasteiger charge is 2.50. The maximum Gasteiger partial charge on any atom is 0.227 e. The van der Waals surface area contributed by atoms with Crippen molar-refractivity contribution < 1.29 is 14.2 Å². The molecule has 10 nitrogen and oxygen atoms in total. The highest BCUT2D eigenvalue weighted by Crippen LogP contribution is 2.42. The fourth-order valence-electron chi connectivity index (χ4n) is 5.62. The van der Waals surface area contributed by atoms with Crippen LogP contribution in [0.3, 0.4) is 0 Å². The number of hydrogen-bond acceptors (Lipinski definition) is 9. The highest BCUT2D eigenvalue weighted by atomic mass is 19.1. The first kappa shape index (κ1) is 24.3. The van der Waals surface area contributed by atoms with Crippen molar-refractivity contribution in [1.82, 2.24) is 24.7 Å². The summed E-state index contributed by atoms with van der Waals surface area (Å²) < 4.78 is 22.0. The Morgan fingerprint density at radius 2 is 1.97 bits per heavy atom. The van der Waals surface area contributed by atoms with Crippen LogP contribution in [-0.4, -0.2) is 81.5 Å². The van der Waals surface area contributed by atoms with Gasteiger partial charge in [0.25, 0.3) is 0 Å². The summed E-state index contributed by atoms with van der Waals surface area (Å²) >= 11 is 0. The Morgan fingerprint density at radius 3 is 2.65 bits per heavy atom. The lowest BCUT2D eigenvalue weighted by atomic mass is 9.78. The van der Waals surface area contributed by atoms with Crippen LogP contribution < -0.4 is 15.1 Å². The van der Waals surface area contributed by atoms with Crippen LogP contribution in [0.1, 0.15) is 40.2 Å². The number of alkyl halides is 1. The molecule has 3 saturated heterocycles. The Labute approximate surface area is 215 Å². The van der Waals surface area contributed by atoms with Crippen molar-refractivity contribution in [1.29, 1.82) is 0 Å². The van der Waals surface area contributed by atoms with Gasteiger partial charge in [-0.05, 0) is 19.4 Å². The van der Waals surface area contributed by atoms with Gasteiger partial charge in [0.05, 0.1) is 42.2 Å². The Bertz CT molecular complexity index is 1300. The fourth-order valence-corrected chi connectivity index (χ4v) is 5.62. The van der Waals surface area contributed by atoms with Gasteiger partial charge in [0.1, 0.15) is 17.8 Å². The smallest absolute Gasteiger partial charge is 0.227 e. The third-order valence-electron chi connectivity index (χ3n) is 8.07. The van der Waals surface area contributed by atoms with E-state index in [1.165, 1.54) is 0 Å². The molecule has 1 unspecified atom stereocenters. The molecule has 3 aliphatic rings. The molecule has 0 aromatic carbocycles. The van der Waals surface area contributed by atoms with Crippen LogP contribution in [0.2, 0.25) is 0 Å². The number of aliphatic hydroxyl groups is 1. The average Bonchev–Trinajstić information content (AvgIpc) is 3.18. The van der Waals surface area contributed by atoms with Crippen molar-refractivity contribution in [2.24, 2.45) is 10.8 Å². The molecule has 3 atom stereocenters. The standard InChI is InChI=1S/C26H35FN8O2/c1-5-16(2)35-19-8-21(29-9-17(19)23(32-35)34-12-26(13-34)14-37-15-26)30-20-6-7-28-24(31-20)33-10-18(27)22(36)25(3,4)11-33/h6-9,16,18,22,36H,5,10-15H2,1-4H3,(H,28,29,30,31)/t16?,18-,22-/m1/s1. The number of anilines is 4. The number of ether oxygens (including phenoxy) is 1. The molecular formula is C26H35FN8O2. The van der Waals surface area contributed by atoms with Gasteiger partial charge in [-0.2, -0.15) is 10.1 Å². The van der Waals surface area contributed by atoms with E-state index in [4.69, 9.17) is 9.84 Å². The van der Waals surface area contributed by atoms with Crippen LogP contribution in [0, 0.1) is 10.8 Å². The molecule has 0 bridgehead atoms. The molecule has 0 amide bonds. The van der Waals surface area contributed by atoms with Crippen LogP contribution in [0.15, 0.2) is 24.5 Å². The fraction of sp³-hybridized carbons (Fsp3) is 0.615. The first-order valence-electron chi connectivity index (χ1n) is 13.1. The second kappa shape index (κ2) is 8.76. The second-order valence-electron chi connectivity index (χ2n) is 11.7. The Balaban J connectivity index is 1.26. The number of piperidine rings is 1. The Hall–Kier alpha value is -3.05. The maximum atomic E-state index is 14.5. The topological polar surface area (TPSA) is 104 Å². The number of halogens is 1. The third-order valence-corrected chi connectivity index (χ3v) is 8.07. The van der Waals surface area contributed by atoms with Gasteiger partial charge in [-0.15, -0.1) is 0 Å². The number of rotatable bonds is 6. The molecule has 6 rings (SSSR count). The van der Waals surface area contributed by atoms with Crippen molar-refractivity contribution >= 4 is 34.3 Å². The molecule has 3 aromatic rings. The molecule has 0 saturated carbocycles. The van der Waals surface area contributed by atoms with Crippen LogP contribution in [0.4, 0.5) is 27.8 Å². The number of pyridine rings is 1. The molecule has 3 fully saturated rings. The second-order valence-corrected chi connectivity index (χ2v) is 11.7. The van der Waals surface area contributed by atoms with Crippen molar-refractivity contribution in [3.8, 4) is 0 Å². The van der Waals surface area contributed by atoms with Gasteiger partial charge in [0.2, 0.25) is 5.95 Å². The minimum absolute atomic E-state index is 0.0546. The zero-order valence-corrected chi connectivity index (χ0v) is 21.9. The van der Waals surface area contributed by atoms with E-state index in [0.717, 1.165) is 49.4 Å². The first-order valence-corrected chi connectivity index (χ1v) is 13.1. The van der Waals surface area contributed by atoms with Gasteiger partial charge in [-0.3, -0.25) is 4.68 Å². The number of nitrogens with zero attached hydrogens (tertiary/aromatic N) is 7. The quantitative estimate of drug-likeness (QED) is 0.517. The molecule has 198 valence electrons. The van der Waals surface area contributed by atoms with Gasteiger partial charge in [0, 0.05) is 49.6 Å². The summed E-state index contributed by atoms with van der Waals surface area (Å²) in [5.74, 6) is 2.62. The molecule has 3 aromatic heterocycles. The maximum absolute atomic E-state index is 14.5.